The summed E-state index contributed by atoms with van der Waals surface area (Å²) < 4.78 is 36.4. The monoisotopic (exact) mass is 1540 g/mol. The standard InChI is InChI=1S/C26H28N2O3Si.C26H30N2O2Si.C15H22N2O2Si.C9H7IN2.3Al.B.12H/c1-32(2,3)15-14-30-19-28-26(12-13-27-28)21-6-9-24(10-7-21)31-25-11-8-22-16-20(18-29)4-5-23(22)17-25;1-20-5-6-23-18-25(12-9-22(23)17-20)30-24-10-7-21(8-11-24)26-13-14-27-28(26)19-29-15-16-31(2,3)4;1-20(2,3)11-10-19-12-17-15(8-9-16-17)13-4-6-14(18)7-5-13;1-6-5-11-9-4-7(10)2-3-8(9)12-6;;;;;;;;;;;;;;;;/h4-13,16-18H,14-15,19H2,1-3H3;5-14,17-18H,15-16,19H2,1-4H3;4-9,18H,10-12H2,1-3H3;2-5H,1H3;;;;;;;;;;;;;;;;/q;;;;;-2;-1;;;;;;;;;;;;;. The summed E-state index contributed by atoms with van der Waals surface area (Å²) in [5, 5.41) is 26.9. The van der Waals surface area contributed by atoms with Crippen LogP contribution in [0, 0.1) is 17.4 Å². The molecule has 519 valence electrons. The zero-order chi connectivity index (χ0) is 67.5. The molecule has 0 aliphatic heterocycles. The van der Waals surface area contributed by atoms with E-state index < -0.39 is 24.2 Å². The fraction of sp³-hybridized carbons (Fsp3) is 0.263. The smallest absolute Gasteiger partial charge is 0 e. The number of benzene rings is 8. The number of aromatic hydroxyl groups is 1. The summed E-state index contributed by atoms with van der Waals surface area (Å²) in [4.78, 5) is 19.6. The van der Waals surface area contributed by atoms with E-state index in [4.69, 9.17) is 23.7 Å². The summed E-state index contributed by atoms with van der Waals surface area (Å²) in [6.07, 6.45) is 8.03. The number of halogens is 1. The van der Waals surface area contributed by atoms with Crippen molar-refractivity contribution in [2.24, 2.45) is 0 Å². The Morgan fingerprint density at radius 2 is 0.848 bits per heavy atom. The van der Waals surface area contributed by atoms with Gasteiger partial charge < -0.3 is 28.8 Å². The Balaban J connectivity index is 0.000000247. The Hall–Kier alpha value is -6.76. The molecule has 0 saturated heterocycles. The maximum Gasteiger partial charge on any atom is 0 e. The fourth-order valence-electron chi connectivity index (χ4n) is 9.78. The van der Waals surface area contributed by atoms with Gasteiger partial charge in [-0.3, -0.25) is 9.78 Å². The first-order chi connectivity index (χ1) is 45.5. The molecule has 0 bridgehead atoms. The SMILES string of the molecule is C[Si](C)(C)CCOCn1nccc1-c1ccc(O)cc1.C[Si](C)(C)CCOCn1nccc1-c1ccc(Oc2ccc3cc(C=O)ccc3c2)cc1.Cc1ccc2cc(Oc3ccc(-c4ccnn4COCC[Si](C)(C)C)cc3)ccc2c1.Cc1cnc2cc(I)ccc2n1.[AlH3].[AlH4-].[AlH5-2].[B]. The number of rotatable bonds is 23. The number of aromatic nitrogens is 8. The van der Waals surface area contributed by atoms with Crippen LogP contribution in [0.3, 0.4) is 0 Å². The number of carbonyl (C=O) groups is 1. The van der Waals surface area contributed by atoms with Crippen LogP contribution in [-0.4, -0.2) is 155 Å². The molecule has 0 amide bonds. The molecule has 3 radical (unpaired) electrons. The number of aldehydes is 1. The molecule has 0 spiro atoms. The summed E-state index contributed by atoms with van der Waals surface area (Å²) in [5.74, 6) is 3.43. The molecule has 0 saturated carbocycles. The molecule has 23 heteroatoms. The van der Waals surface area contributed by atoms with E-state index in [-0.39, 0.29) is 66.2 Å². The van der Waals surface area contributed by atoms with E-state index in [1.807, 2.05) is 155 Å². The maximum absolute atomic E-state index is 11.0. The molecule has 1 N–H and O–H groups in total. The van der Waals surface area contributed by atoms with Crippen molar-refractivity contribution < 1.29 is 33.6 Å². The summed E-state index contributed by atoms with van der Waals surface area (Å²) >= 11 is 2.27. The molecule has 4 aromatic heterocycles. The first kappa shape index (κ1) is 82.9. The Morgan fingerprint density at radius 3 is 1.27 bits per heavy atom. The molecule has 99 heavy (non-hydrogen) atoms. The van der Waals surface area contributed by atoms with Gasteiger partial charge in [0.05, 0.1) is 33.8 Å². The van der Waals surface area contributed by atoms with Gasteiger partial charge in [-0.2, -0.15) is 15.3 Å². The van der Waals surface area contributed by atoms with Gasteiger partial charge in [-0.25, -0.2) is 19.0 Å². The third kappa shape index (κ3) is 26.6. The third-order valence-electron chi connectivity index (χ3n) is 15.3. The normalized spacial score (nSPS) is 11.1. The quantitative estimate of drug-likeness (QED) is 0.0280. The van der Waals surface area contributed by atoms with Crippen LogP contribution in [-0.2, 0) is 34.4 Å². The molecule has 12 aromatic rings. The average Bonchev–Trinajstić information content (AvgIpc) is 1.81. The van der Waals surface area contributed by atoms with Gasteiger partial charge >= 0.3 is 17.4 Å². The molecule has 0 atom stereocenters. The molecule has 0 fully saturated rings. The number of hydrogen-bond donors (Lipinski definition) is 1. The number of fused-ring (bicyclic) bond motifs is 3. The molecule has 8 aromatic carbocycles. The average molecular weight is 1540 g/mol. The summed E-state index contributed by atoms with van der Waals surface area (Å²) in [6.45, 7) is 28.9. The van der Waals surface area contributed by atoms with E-state index in [9.17, 15) is 9.90 Å². The molecular weight excluding hydrogens is 1440 g/mol. The minimum atomic E-state index is -1.10. The third-order valence-corrected chi connectivity index (χ3v) is 21.1. The molecule has 4 heterocycles. The minimum absolute atomic E-state index is 0. The van der Waals surface area contributed by atoms with E-state index in [0.29, 0.717) is 25.8 Å². The summed E-state index contributed by atoms with van der Waals surface area (Å²) in [6, 6.07) is 62.8. The number of aryl methyl sites for hydroxylation is 2. The van der Waals surface area contributed by atoms with Crippen LogP contribution in [0.4, 0.5) is 0 Å². The Kier molecular flexibility index (Phi) is 33.0. The predicted octanol–water partition coefficient (Wildman–Crippen LogP) is 15.1. The van der Waals surface area contributed by atoms with Crippen molar-refractivity contribution in [3.63, 3.8) is 0 Å². The van der Waals surface area contributed by atoms with Gasteiger partial charge in [-0.15, -0.1) is 0 Å². The van der Waals surface area contributed by atoms with E-state index in [2.05, 4.69) is 156 Å². The minimum Gasteiger partial charge on any atom is 0 e. The van der Waals surface area contributed by atoms with Crippen LogP contribution in [0.1, 0.15) is 21.6 Å². The predicted molar refractivity (Wildman–Crippen MR) is 442 cm³/mol. The van der Waals surface area contributed by atoms with Crippen LogP contribution in [0.5, 0.6) is 28.7 Å². The number of phenols is 1. The Labute approximate surface area is 634 Å². The second-order valence-electron chi connectivity index (χ2n) is 27.0. The molecule has 0 aliphatic rings. The van der Waals surface area contributed by atoms with Gasteiger partial charge in [0.25, 0.3) is 0 Å². The largest absolute Gasteiger partial charge is 0 e. The Morgan fingerprint density at radius 1 is 0.465 bits per heavy atom. The van der Waals surface area contributed by atoms with Crippen LogP contribution in [0.2, 0.25) is 77.1 Å². The fourth-order valence-corrected chi connectivity index (χ4v) is 12.5. The zero-order valence-corrected chi connectivity index (χ0v) is 62.2. The Bertz CT molecular complexity index is 4410. The van der Waals surface area contributed by atoms with Crippen molar-refractivity contribution >= 4 is 146 Å². The van der Waals surface area contributed by atoms with Crippen molar-refractivity contribution in [3.8, 4) is 62.5 Å². The molecule has 12 rings (SSSR count). The maximum atomic E-state index is 11.0. The van der Waals surface area contributed by atoms with Crippen molar-refractivity contribution in [3.05, 3.63) is 227 Å². The number of hydrogen-bond acceptors (Lipinski definition) is 12. The first-order valence-electron chi connectivity index (χ1n) is 32.0. The number of nitrogens with zero attached hydrogens (tertiary/aromatic N) is 8. The number of phenolic OH excluding ortho intramolecular Hbond substituents is 1. The van der Waals surface area contributed by atoms with E-state index in [1.165, 1.54) is 19.9 Å². The second-order valence-corrected chi connectivity index (χ2v) is 45.1. The number of carbonyl (C=O) groups excluding carboxylic acids is 1. The van der Waals surface area contributed by atoms with Crippen molar-refractivity contribution in [1.82, 2.24) is 39.3 Å². The second kappa shape index (κ2) is 39.4. The van der Waals surface area contributed by atoms with Crippen LogP contribution >= 0.6 is 22.6 Å². The van der Waals surface area contributed by atoms with Gasteiger partial charge in [0.15, 0.2) is 17.4 Å². The topological polar surface area (TPSA) is 163 Å². The van der Waals surface area contributed by atoms with Gasteiger partial charge in [0.2, 0.25) is 0 Å². The molecule has 15 nitrogen and oxygen atoms in total. The van der Waals surface area contributed by atoms with E-state index >= 15 is 0 Å². The summed E-state index contributed by atoms with van der Waals surface area (Å²) in [7, 11) is -3.23. The number of ether oxygens (including phenoxy) is 5. The van der Waals surface area contributed by atoms with Crippen molar-refractivity contribution in [2.75, 3.05) is 19.8 Å². The molecule has 0 unspecified atom stereocenters. The van der Waals surface area contributed by atoms with E-state index in [0.717, 1.165) is 129 Å². The van der Waals surface area contributed by atoms with Crippen LogP contribution < -0.4 is 9.47 Å². The summed E-state index contributed by atoms with van der Waals surface area (Å²) in [5.41, 5.74) is 11.1. The van der Waals surface area contributed by atoms with Crippen LogP contribution in [0.15, 0.2) is 207 Å². The zero-order valence-electron chi connectivity index (χ0n) is 57.0. The van der Waals surface area contributed by atoms with Crippen molar-refractivity contribution in [1.29, 1.82) is 0 Å². The first-order valence-corrected chi connectivity index (χ1v) is 44.2. The van der Waals surface area contributed by atoms with Gasteiger partial charge in [-0.05, 0) is 216 Å². The van der Waals surface area contributed by atoms with Gasteiger partial charge in [-0.1, -0.05) is 107 Å². The van der Waals surface area contributed by atoms with E-state index in [1.54, 1.807) is 30.7 Å². The molecule has 0 aliphatic carbocycles. The van der Waals surface area contributed by atoms with Gasteiger partial charge in [0.1, 0.15) is 55.2 Å². The van der Waals surface area contributed by atoms with Crippen molar-refractivity contribution in [2.45, 2.75) is 111 Å². The van der Waals surface area contributed by atoms with Gasteiger partial charge in [0, 0.05) is 120 Å². The van der Waals surface area contributed by atoms with Crippen LogP contribution in [0.25, 0.3) is 66.4 Å². The molecular formula is C76H99Al3BIN8O7Si3-3.